The van der Waals surface area contributed by atoms with Crippen LogP contribution in [0.4, 0.5) is 4.39 Å². The first-order valence-corrected chi connectivity index (χ1v) is 8.62. The summed E-state index contributed by atoms with van der Waals surface area (Å²) in [5.41, 5.74) is 10.3. The molecule has 0 bridgehead atoms. The van der Waals surface area contributed by atoms with Crippen molar-refractivity contribution in [2.45, 2.75) is 17.6 Å². The Kier molecular flexibility index (Phi) is 5.99. The molecule has 1 atom stereocenters. The molecular weight excluding hydrogens is 333 g/mol. The van der Waals surface area contributed by atoms with Crippen LogP contribution in [0.1, 0.15) is 17.3 Å². The van der Waals surface area contributed by atoms with Gasteiger partial charge >= 0.3 is 0 Å². The van der Waals surface area contributed by atoms with Gasteiger partial charge < -0.3 is 5.73 Å². The largest absolute Gasteiger partial charge is 0.311 e. The monoisotopic (exact) mass is 353 g/mol. The summed E-state index contributed by atoms with van der Waals surface area (Å²) in [5, 5.41) is 1.29. The fraction of sp³-hybridized carbons (Fsp3) is 0.200. The number of hydrazine groups is 2. The van der Waals surface area contributed by atoms with Gasteiger partial charge in [0.05, 0.1) is 17.6 Å². The molecule has 1 unspecified atom stereocenters. The van der Waals surface area contributed by atoms with Crippen molar-refractivity contribution in [3.8, 4) is 0 Å². The van der Waals surface area contributed by atoms with Crippen LogP contribution in [0.2, 0.25) is 0 Å². The van der Waals surface area contributed by atoms with Crippen molar-refractivity contribution >= 4 is 10.0 Å². The highest BCUT2D eigenvalue weighted by Crippen LogP contribution is 2.14. The lowest BCUT2D eigenvalue weighted by Crippen LogP contribution is -2.47. The summed E-state index contributed by atoms with van der Waals surface area (Å²) in [6.07, 6.45) is -0.623. The standard InChI is InChI=1S/C15H20FN5O2S/c1-19-24(22,23)14-8-4-12(5-9-14)15(17)20-21(18)10-11-2-6-13(16)7-3-11/h2-9,15,19-20H,10,17-18H2,1H3. The Morgan fingerprint density at radius 3 is 2.25 bits per heavy atom. The van der Waals surface area contributed by atoms with Crippen LogP contribution in [-0.4, -0.2) is 20.6 Å². The molecule has 2 aromatic rings. The van der Waals surface area contributed by atoms with E-state index in [0.29, 0.717) is 12.1 Å². The van der Waals surface area contributed by atoms with Gasteiger partial charge in [0, 0.05) is 0 Å². The lowest BCUT2D eigenvalue weighted by atomic mass is 10.2. The van der Waals surface area contributed by atoms with E-state index < -0.39 is 16.2 Å². The second-order valence-electron chi connectivity index (χ2n) is 5.14. The molecule has 0 radical (unpaired) electrons. The summed E-state index contributed by atoms with van der Waals surface area (Å²) in [4.78, 5) is 0.150. The molecule has 0 heterocycles. The first kappa shape index (κ1) is 18.5. The van der Waals surface area contributed by atoms with Gasteiger partial charge in [0.1, 0.15) is 5.82 Å². The Hall–Kier alpha value is -1.88. The number of halogens is 1. The highest BCUT2D eigenvalue weighted by atomic mass is 32.2. The van der Waals surface area contributed by atoms with Crippen molar-refractivity contribution in [1.29, 1.82) is 0 Å². The Bertz CT molecular complexity index is 765. The first-order chi connectivity index (χ1) is 11.3. The molecule has 0 spiro atoms. The number of benzene rings is 2. The van der Waals surface area contributed by atoms with Crippen LogP contribution < -0.4 is 21.7 Å². The summed E-state index contributed by atoms with van der Waals surface area (Å²) < 4.78 is 38.5. The van der Waals surface area contributed by atoms with Gasteiger partial charge in [0.15, 0.2) is 0 Å². The van der Waals surface area contributed by atoms with Crippen molar-refractivity contribution in [3.63, 3.8) is 0 Å². The normalized spacial score (nSPS) is 13.2. The van der Waals surface area contributed by atoms with Crippen LogP contribution in [0.25, 0.3) is 0 Å². The third-order valence-electron chi connectivity index (χ3n) is 3.39. The molecule has 6 N–H and O–H groups in total. The molecular formula is C15H20FN5O2S. The SMILES string of the molecule is CNS(=O)(=O)c1ccc(C(N)NN(N)Cc2ccc(F)cc2)cc1. The number of nitrogens with zero attached hydrogens (tertiary/aromatic N) is 1. The molecule has 2 rings (SSSR count). The van der Waals surface area contributed by atoms with Gasteiger partial charge in [0.2, 0.25) is 10.0 Å². The van der Waals surface area contributed by atoms with Crippen LogP contribution in [0.3, 0.4) is 0 Å². The van der Waals surface area contributed by atoms with Gasteiger partial charge in [-0.05, 0) is 42.4 Å². The number of rotatable bonds is 7. The molecule has 0 fully saturated rings. The van der Waals surface area contributed by atoms with E-state index in [0.717, 1.165) is 5.56 Å². The molecule has 9 heteroatoms. The Morgan fingerprint density at radius 2 is 1.71 bits per heavy atom. The van der Waals surface area contributed by atoms with Crippen LogP contribution in [-0.2, 0) is 16.6 Å². The summed E-state index contributed by atoms with van der Waals surface area (Å²) in [6.45, 7) is 0.320. The van der Waals surface area contributed by atoms with Gasteiger partial charge in [-0.15, -0.1) is 0 Å². The minimum atomic E-state index is -3.48. The first-order valence-electron chi connectivity index (χ1n) is 7.14. The van der Waals surface area contributed by atoms with E-state index in [4.69, 9.17) is 11.6 Å². The van der Waals surface area contributed by atoms with Gasteiger partial charge in [-0.3, -0.25) is 5.84 Å². The van der Waals surface area contributed by atoms with Gasteiger partial charge in [-0.25, -0.2) is 23.0 Å². The molecule has 0 aliphatic rings. The molecule has 7 nitrogen and oxygen atoms in total. The maximum atomic E-state index is 12.9. The second kappa shape index (κ2) is 7.79. The van der Waals surface area contributed by atoms with Crippen LogP contribution in [0.15, 0.2) is 53.4 Å². The number of nitrogens with two attached hydrogens (primary N) is 2. The van der Waals surface area contributed by atoms with Crippen LogP contribution >= 0.6 is 0 Å². The maximum Gasteiger partial charge on any atom is 0.240 e. The summed E-state index contributed by atoms with van der Waals surface area (Å²) in [7, 11) is -2.14. The third kappa shape index (κ3) is 4.81. The molecule has 0 aliphatic heterocycles. The van der Waals surface area contributed by atoms with Crippen LogP contribution in [0.5, 0.6) is 0 Å². The third-order valence-corrected chi connectivity index (χ3v) is 4.82. The molecule has 0 saturated heterocycles. The van der Waals surface area contributed by atoms with Gasteiger partial charge in [0.25, 0.3) is 0 Å². The Morgan fingerprint density at radius 1 is 1.12 bits per heavy atom. The fourth-order valence-corrected chi connectivity index (χ4v) is 2.79. The van der Waals surface area contributed by atoms with Crippen LogP contribution in [0, 0.1) is 5.82 Å². The fourth-order valence-electron chi connectivity index (χ4n) is 2.06. The Labute approximate surface area is 140 Å². The van der Waals surface area contributed by atoms with E-state index in [2.05, 4.69) is 10.1 Å². The molecule has 0 saturated carbocycles. The lowest BCUT2D eigenvalue weighted by Gasteiger charge is -2.23. The quantitative estimate of drug-likeness (QED) is 0.329. The average molecular weight is 353 g/mol. The average Bonchev–Trinajstić information content (AvgIpc) is 2.57. The molecule has 0 aromatic heterocycles. The van der Waals surface area contributed by atoms with E-state index in [1.165, 1.54) is 36.4 Å². The van der Waals surface area contributed by atoms with Crippen molar-refractivity contribution in [2.75, 3.05) is 7.05 Å². The van der Waals surface area contributed by atoms with Gasteiger partial charge in [-0.2, -0.15) is 5.12 Å². The zero-order valence-electron chi connectivity index (χ0n) is 13.1. The van der Waals surface area contributed by atoms with E-state index in [1.54, 1.807) is 24.3 Å². The van der Waals surface area contributed by atoms with Crippen molar-refractivity contribution < 1.29 is 12.8 Å². The number of hydrogen-bond donors (Lipinski definition) is 4. The van der Waals surface area contributed by atoms with E-state index in [-0.39, 0.29) is 10.7 Å². The minimum Gasteiger partial charge on any atom is -0.311 e. The molecule has 24 heavy (non-hydrogen) atoms. The molecule has 0 aliphatic carbocycles. The van der Waals surface area contributed by atoms with Crippen molar-refractivity contribution in [2.24, 2.45) is 11.6 Å². The zero-order valence-corrected chi connectivity index (χ0v) is 13.9. The number of sulfonamides is 1. The van der Waals surface area contributed by atoms with Gasteiger partial charge in [-0.1, -0.05) is 24.3 Å². The summed E-state index contributed by atoms with van der Waals surface area (Å²) in [6, 6.07) is 12.1. The smallest absolute Gasteiger partial charge is 0.240 e. The topological polar surface area (TPSA) is 113 Å². The van der Waals surface area contributed by atoms with E-state index in [1.807, 2.05) is 0 Å². The van der Waals surface area contributed by atoms with E-state index >= 15 is 0 Å². The number of hydrogen-bond acceptors (Lipinski definition) is 6. The predicted octanol–water partition coefficient (Wildman–Crippen LogP) is 0.572. The number of nitrogens with one attached hydrogen (secondary N) is 2. The second-order valence-corrected chi connectivity index (χ2v) is 7.02. The molecule has 130 valence electrons. The summed E-state index contributed by atoms with van der Waals surface area (Å²) in [5.74, 6) is 5.53. The minimum absolute atomic E-state index is 0.150. The van der Waals surface area contributed by atoms with Crippen molar-refractivity contribution in [1.82, 2.24) is 15.3 Å². The Balaban J connectivity index is 1.98. The zero-order chi connectivity index (χ0) is 17.7. The van der Waals surface area contributed by atoms with Crippen molar-refractivity contribution in [3.05, 3.63) is 65.5 Å². The molecule has 0 amide bonds. The lowest BCUT2D eigenvalue weighted by molar-refractivity contribution is 0.152. The summed E-state index contributed by atoms with van der Waals surface area (Å²) >= 11 is 0. The highest BCUT2D eigenvalue weighted by Gasteiger charge is 2.13. The van der Waals surface area contributed by atoms with E-state index in [9.17, 15) is 12.8 Å². The predicted molar refractivity (Wildman–Crippen MR) is 88.9 cm³/mol. The maximum absolute atomic E-state index is 12.9. The molecule has 2 aromatic carbocycles. The highest BCUT2D eigenvalue weighted by molar-refractivity contribution is 7.89.